The summed E-state index contributed by atoms with van der Waals surface area (Å²) in [6.45, 7) is 3.35. The van der Waals surface area contributed by atoms with Crippen molar-refractivity contribution in [3.63, 3.8) is 0 Å². The zero-order chi connectivity index (χ0) is 13.1. The van der Waals surface area contributed by atoms with Crippen molar-refractivity contribution in [2.45, 2.75) is 38.6 Å². The minimum Gasteiger partial charge on any atom is -0.389 e. The fourth-order valence-electron chi connectivity index (χ4n) is 2.74. The zero-order valence-corrected chi connectivity index (χ0v) is 13.1. The Morgan fingerprint density at radius 3 is 2.94 bits per heavy atom. The molecule has 18 heavy (non-hydrogen) atoms. The highest BCUT2D eigenvalue weighted by atomic mass is 79.9. The van der Waals surface area contributed by atoms with Crippen LogP contribution in [-0.4, -0.2) is 17.6 Å². The molecule has 1 heterocycles. The van der Waals surface area contributed by atoms with Gasteiger partial charge in [0, 0.05) is 28.3 Å². The van der Waals surface area contributed by atoms with E-state index in [4.69, 9.17) is 18.0 Å². The van der Waals surface area contributed by atoms with Crippen LogP contribution >= 0.6 is 28.1 Å². The first-order valence-electron chi connectivity index (χ1n) is 6.50. The average molecular weight is 327 g/mol. The van der Waals surface area contributed by atoms with Gasteiger partial charge in [-0.05, 0) is 53.7 Å². The molecule has 1 aromatic rings. The summed E-state index contributed by atoms with van der Waals surface area (Å²) >= 11 is 8.76. The molecule has 0 aromatic heterocycles. The summed E-state index contributed by atoms with van der Waals surface area (Å²) < 4.78 is 0.993. The number of halogens is 1. The van der Waals surface area contributed by atoms with Crippen molar-refractivity contribution >= 4 is 38.8 Å². The maximum atomic E-state index is 5.88. The van der Waals surface area contributed by atoms with E-state index in [0.717, 1.165) is 16.6 Å². The van der Waals surface area contributed by atoms with Gasteiger partial charge in [0.15, 0.2) is 0 Å². The first kappa shape index (κ1) is 13.8. The molecule has 0 amide bonds. The zero-order valence-electron chi connectivity index (χ0n) is 10.7. The molecule has 2 N–H and O–H groups in total. The smallest absolute Gasteiger partial charge is 0.107 e. The van der Waals surface area contributed by atoms with Crippen molar-refractivity contribution < 1.29 is 0 Å². The van der Waals surface area contributed by atoms with E-state index in [1.165, 1.54) is 31.4 Å². The summed E-state index contributed by atoms with van der Waals surface area (Å²) in [5, 5.41) is 0. The van der Waals surface area contributed by atoms with E-state index in [9.17, 15) is 0 Å². The lowest BCUT2D eigenvalue weighted by molar-refractivity contribution is 0.450. The molecule has 0 aliphatic carbocycles. The number of thiocarbonyl (C=S) groups is 1. The summed E-state index contributed by atoms with van der Waals surface area (Å²) in [5.74, 6) is 0. The number of nitrogens with two attached hydrogens (primary N) is 1. The van der Waals surface area contributed by atoms with Crippen LogP contribution in [0.4, 0.5) is 5.69 Å². The van der Waals surface area contributed by atoms with Gasteiger partial charge >= 0.3 is 0 Å². The van der Waals surface area contributed by atoms with E-state index in [1.807, 2.05) is 6.07 Å². The van der Waals surface area contributed by atoms with E-state index in [2.05, 4.69) is 39.9 Å². The number of nitrogens with zero attached hydrogens (tertiary/aromatic N) is 1. The highest BCUT2D eigenvalue weighted by Crippen LogP contribution is 2.33. The molecule has 2 nitrogen and oxygen atoms in total. The molecule has 1 unspecified atom stereocenters. The van der Waals surface area contributed by atoms with Gasteiger partial charge in [0.25, 0.3) is 0 Å². The summed E-state index contributed by atoms with van der Waals surface area (Å²) in [7, 11) is 0. The van der Waals surface area contributed by atoms with Gasteiger partial charge in [-0.25, -0.2) is 0 Å². The maximum absolute atomic E-state index is 5.88. The van der Waals surface area contributed by atoms with Crippen molar-refractivity contribution in [1.29, 1.82) is 0 Å². The molecule has 0 radical (unpaired) electrons. The van der Waals surface area contributed by atoms with Gasteiger partial charge in [-0.2, -0.15) is 0 Å². The molecule has 4 heteroatoms. The first-order valence-corrected chi connectivity index (χ1v) is 7.70. The van der Waals surface area contributed by atoms with E-state index in [0.29, 0.717) is 11.0 Å². The number of hydrogen-bond donors (Lipinski definition) is 1. The minimum absolute atomic E-state index is 0.470. The summed E-state index contributed by atoms with van der Waals surface area (Å²) in [6, 6.07) is 6.81. The molecule has 98 valence electrons. The summed E-state index contributed by atoms with van der Waals surface area (Å²) in [5.41, 5.74) is 8.05. The number of rotatable bonds is 3. The third-order valence-corrected chi connectivity index (χ3v) is 4.51. The Kier molecular flexibility index (Phi) is 4.62. The fraction of sp³-hybridized carbons (Fsp3) is 0.500. The van der Waals surface area contributed by atoms with Crippen LogP contribution in [0, 0.1) is 0 Å². The molecule has 1 saturated heterocycles. The van der Waals surface area contributed by atoms with Crippen LogP contribution in [0.25, 0.3) is 0 Å². The maximum Gasteiger partial charge on any atom is 0.107 e. The van der Waals surface area contributed by atoms with Crippen LogP contribution in [0.3, 0.4) is 0 Å². The third-order valence-electron chi connectivity index (χ3n) is 3.65. The van der Waals surface area contributed by atoms with Crippen molar-refractivity contribution in [2.24, 2.45) is 5.73 Å². The van der Waals surface area contributed by atoms with Gasteiger partial charge in [0.1, 0.15) is 4.99 Å². The second-order valence-corrected chi connectivity index (χ2v) is 6.04. The van der Waals surface area contributed by atoms with Crippen molar-refractivity contribution in [1.82, 2.24) is 0 Å². The predicted octanol–water partition coefficient (Wildman–Crippen LogP) is 3.85. The van der Waals surface area contributed by atoms with Crippen molar-refractivity contribution in [3.8, 4) is 0 Å². The fourth-order valence-corrected chi connectivity index (χ4v) is 3.65. The Balaban J connectivity index is 2.42. The summed E-state index contributed by atoms with van der Waals surface area (Å²) in [4.78, 5) is 2.95. The van der Waals surface area contributed by atoms with Crippen LogP contribution in [-0.2, 0) is 0 Å². The Bertz CT molecular complexity index is 447. The lowest BCUT2D eigenvalue weighted by Gasteiger charge is -2.38. The SMILES string of the molecule is CCC1CCCCN1c1cccc(Br)c1C(N)=S. The summed E-state index contributed by atoms with van der Waals surface area (Å²) in [6.07, 6.45) is 5.01. The van der Waals surface area contributed by atoms with Gasteiger partial charge in [-0.3, -0.25) is 0 Å². The molecule has 0 spiro atoms. The molecule has 0 bridgehead atoms. The topological polar surface area (TPSA) is 29.3 Å². The minimum atomic E-state index is 0.470. The Labute approximate surface area is 123 Å². The Hall–Kier alpha value is -0.610. The average Bonchev–Trinajstić information content (AvgIpc) is 2.38. The molecule has 2 rings (SSSR count). The normalized spacial score (nSPS) is 19.9. The molecule has 1 atom stereocenters. The lowest BCUT2D eigenvalue weighted by atomic mass is 9.98. The van der Waals surface area contributed by atoms with E-state index < -0.39 is 0 Å². The van der Waals surface area contributed by atoms with E-state index in [1.54, 1.807) is 0 Å². The van der Waals surface area contributed by atoms with E-state index in [-0.39, 0.29) is 0 Å². The van der Waals surface area contributed by atoms with Crippen LogP contribution in [0.15, 0.2) is 22.7 Å². The number of piperidine rings is 1. The van der Waals surface area contributed by atoms with Gasteiger partial charge in [0.2, 0.25) is 0 Å². The van der Waals surface area contributed by atoms with Gasteiger partial charge in [-0.15, -0.1) is 0 Å². The van der Waals surface area contributed by atoms with Crippen molar-refractivity contribution in [3.05, 3.63) is 28.2 Å². The van der Waals surface area contributed by atoms with Gasteiger partial charge in [0.05, 0.1) is 0 Å². The molecular weight excluding hydrogens is 308 g/mol. The predicted molar refractivity (Wildman–Crippen MR) is 85.3 cm³/mol. The first-order chi connectivity index (χ1) is 8.65. The molecule has 1 aliphatic heterocycles. The highest BCUT2D eigenvalue weighted by molar-refractivity contribution is 9.10. The second-order valence-electron chi connectivity index (χ2n) is 4.75. The monoisotopic (exact) mass is 326 g/mol. The number of hydrogen-bond acceptors (Lipinski definition) is 2. The molecule has 0 saturated carbocycles. The van der Waals surface area contributed by atoms with Crippen LogP contribution in [0.1, 0.15) is 38.2 Å². The number of benzene rings is 1. The van der Waals surface area contributed by atoms with Crippen molar-refractivity contribution in [2.75, 3.05) is 11.4 Å². The van der Waals surface area contributed by atoms with Gasteiger partial charge < -0.3 is 10.6 Å². The molecule has 1 aliphatic rings. The quantitative estimate of drug-likeness (QED) is 0.855. The number of anilines is 1. The largest absolute Gasteiger partial charge is 0.389 e. The standard InChI is InChI=1S/C14H19BrN2S/c1-2-10-6-3-4-9-17(10)12-8-5-7-11(15)13(12)14(16)18/h5,7-8,10H,2-4,6,9H2,1H3,(H2,16,18). The highest BCUT2D eigenvalue weighted by Gasteiger charge is 2.24. The van der Waals surface area contributed by atoms with Crippen LogP contribution in [0.5, 0.6) is 0 Å². The third kappa shape index (κ3) is 2.69. The molecular formula is C14H19BrN2S. The van der Waals surface area contributed by atoms with Crippen LogP contribution < -0.4 is 10.6 Å². The van der Waals surface area contributed by atoms with Crippen LogP contribution in [0.2, 0.25) is 0 Å². The van der Waals surface area contributed by atoms with E-state index >= 15 is 0 Å². The van der Waals surface area contributed by atoms with Gasteiger partial charge in [-0.1, -0.05) is 25.2 Å². The molecule has 1 aromatic carbocycles. The Morgan fingerprint density at radius 1 is 1.50 bits per heavy atom. The molecule has 1 fully saturated rings. The second kappa shape index (κ2) is 6.02. The lowest BCUT2D eigenvalue weighted by Crippen LogP contribution is -2.40. The Morgan fingerprint density at radius 2 is 2.28 bits per heavy atom.